The van der Waals surface area contributed by atoms with Crippen LogP contribution in [0.25, 0.3) is 0 Å². The quantitative estimate of drug-likeness (QED) is 0.244. The summed E-state index contributed by atoms with van der Waals surface area (Å²) >= 11 is 0. The van der Waals surface area contributed by atoms with Crippen molar-refractivity contribution in [1.82, 2.24) is 15.1 Å². The molecule has 170 valence electrons. The van der Waals surface area contributed by atoms with E-state index < -0.39 is 0 Å². The lowest BCUT2D eigenvalue weighted by Crippen LogP contribution is -2.52. The van der Waals surface area contributed by atoms with Crippen molar-refractivity contribution >= 4 is 35.6 Å². The number of methoxy groups -OCH3 is 1. The van der Waals surface area contributed by atoms with Crippen molar-refractivity contribution in [3.05, 3.63) is 24.3 Å². The lowest BCUT2D eigenvalue weighted by Gasteiger charge is -2.38. The Balaban J connectivity index is 0.00000320. The summed E-state index contributed by atoms with van der Waals surface area (Å²) in [7, 11) is 1.73. The van der Waals surface area contributed by atoms with Crippen molar-refractivity contribution < 1.29 is 9.84 Å². The first-order valence-corrected chi connectivity index (χ1v) is 11.0. The number of nitrogens with one attached hydrogen (secondary N) is 1. The Morgan fingerprint density at radius 1 is 1.13 bits per heavy atom. The molecular weight excluding hydrogens is 493 g/mol. The number of halogens is 1. The first kappa shape index (κ1) is 25.0. The van der Waals surface area contributed by atoms with E-state index >= 15 is 0 Å². The fraction of sp³-hybridized carbons (Fsp3) is 0.682. The zero-order valence-electron chi connectivity index (χ0n) is 18.4. The van der Waals surface area contributed by atoms with E-state index in [1.54, 1.807) is 7.11 Å². The number of aliphatic hydroxyl groups excluding tert-OH is 1. The number of piperazine rings is 1. The van der Waals surface area contributed by atoms with Gasteiger partial charge in [-0.05, 0) is 44.9 Å². The summed E-state index contributed by atoms with van der Waals surface area (Å²) in [6.07, 6.45) is 2.77. The fourth-order valence-electron chi connectivity index (χ4n) is 4.10. The van der Waals surface area contributed by atoms with E-state index in [0.717, 1.165) is 89.9 Å². The van der Waals surface area contributed by atoms with Crippen molar-refractivity contribution in [2.24, 2.45) is 4.99 Å². The number of rotatable bonds is 7. The van der Waals surface area contributed by atoms with Crippen LogP contribution in [0.1, 0.15) is 26.2 Å². The SMILES string of the molecule is CCNC(=NCCCN1CCC(O)CC1)N1CCN(c2ccccc2OC)CC1.I. The predicted molar refractivity (Wildman–Crippen MR) is 134 cm³/mol. The molecule has 8 heteroatoms. The van der Waals surface area contributed by atoms with Gasteiger partial charge >= 0.3 is 0 Å². The van der Waals surface area contributed by atoms with Crippen molar-refractivity contribution in [1.29, 1.82) is 0 Å². The molecule has 2 N–H and O–H groups in total. The van der Waals surface area contributed by atoms with E-state index in [-0.39, 0.29) is 30.1 Å². The van der Waals surface area contributed by atoms with Crippen molar-refractivity contribution in [3.63, 3.8) is 0 Å². The topological polar surface area (TPSA) is 63.6 Å². The largest absolute Gasteiger partial charge is 0.495 e. The van der Waals surface area contributed by atoms with Crippen LogP contribution in [0.15, 0.2) is 29.3 Å². The molecule has 2 aliphatic heterocycles. The van der Waals surface area contributed by atoms with Gasteiger partial charge in [0.1, 0.15) is 5.75 Å². The van der Waals surface area contributed by atoms with Gasteiger partial charge in [-0.2, -0.15) is 0 Å². The molecule has 0 aliphatic carbocycles. The molecule has 7 nitrogen and oxygen atoms in total. The number of anilines is 1. The van der Waals surface area contributed by atoms with Gasteiger partial charge in [-0.1, -0.05) is 12.1 Å². The summed E-state index contributed by atoms with van der Waals surface area (Å²) in [4.78, 5) is 12.1. The van der Waals surface area contributed by atoms with E-state index in [2.05, 4.69) is 39.1 Å². The molecule has 2 aliphatic rings. The Kier molecular flexibility index (Phi) is 11.0. The number of para-hydroxylation sites is 2. The highest BCUT2D eigenvalue weighted by molar-refractivity contribution is 14.0. The molecule has 0 aromatic heterocycles. The molecule has 2 saturated heterocycles. The Hall–Kier alpha value is -1.26. The molecule has 2 fully saturated rings. The number of aliphatic imine (C=N–C) groups is 1. The van der Waals surface area contributed by atoms with Gasteiger partial charge < -0.3 is 29.9 Å². The highest BCUT2D eigenvalue weighted by Crippen LogP contribution is 2.28. The molecule has 1 aromatic rings. The number of hydrogen-bond donors (Lipinski definition) is 2. The minimum atomic E-state index is -0.0980. The zero-order chi connectivity index (χ0) is 20.5. The Morgan fingerprint density at radius 2 is 1.83 bits per heavy atom. The number of nitrogens with zero attached hydrogens (tertiary/aromatic N) is 4. The molecule has 0 amide bonds. The number of hydrogen-bond acceptors (Lipinski definition) is 5. The molecule has 0 saturated carbocycles. The van der Waals surface area contributed by atoms with Crippen LogP contribution in [-0.4, -0.2) is 93.0 Å². The summed E-state index contributed by atoms with van der Waals surface area (Å²) in [6.45, 7) is 10.8. The normalized spacial score (nSPS) is 18.8. The molecule has 0 unspecified atom stereocenters. The van der Waals surface area contributed by atoms with Gasteiger partial charge in [0.25, 0.3) is 0 Å². The molecule has 0 radical (unpaired) electrons. The summed E-state index contributed by atoms with van der Waals surface area (Å²) in [5.41, 5.74) is 1.17. The monoisotopic (exact) mass is 531 g/mol. The van der Waals surface area contributed by atoms with Crippen molar-refractivity contribution in [2.75, 3.05) is 70.9 Å². The third-order valence-corrected chi connectivity index (χ3v) is 5.79. The highest BCUT2D eigenvalue weighted by atomic mass is 127. The minimum absolute atomic E-state index is 0. The molecule has 0 spiro atoms. The molecule has 2 heterocycles. The van der Waals surface area contributed by atoms with E-state index in [0.29, 0.717) is 0 Å². The summed E-state index contributed by atoms with van der Waals surface area (Å²) in [5.74, 6) is 1.97. The number of likely N-dealkylation sites (tertiary alicyclic amines) is 1. The third-order valence-electron chi connectivity index (χ3n) is 5.79. The summed E-state index contributed by atoms with van der Waals surface area (Å²) < 4.78 is 5.52. The molecular formula is C22H38IN5O2. The van der Waals surface area contributed by atoms with E-state index in [1.165, 1.54) is 5.69 Å². The Bertz CT molecular complexity index is 644. The van der Waals surface area contributed by atoms with Gasteiger partial charge in [0.05, 0.1) is 18.9 Å². The standard InChI is InChI=1S/C22H37N5O2.HI/c1-3-23-22(24-11-6-12-25-13-9-19(28)10-14-25)27-17-15-26(16-18-27)20-7-4-5-8-21(20)29-2;/h4-5,7-8,19,28H,3,6,9-18H2,1-2H3,(H,23,24);1H. The third kappa shape index (κ3) is 7.16. The van der Waals surface area contributed by atoms with Crippen molar-refractivity contribution in [3.8, 4) is 5.75 Å². The van der Waals surface area contributed by atoms with E-state index in [4.69, 9.17) is 9.73 Å². The molecule has 3 rings (SSSR count). The van der Waals surface area contributed by atoms with Crippen LogP contribution in [0, 0.1) is 0 Å². The van der Waals surface area contributed by atoms with Crippen LogP contribution in [0.2, 0.25) is 0 Å². The fourth-order valence-corrected chi connectivity index (χ4v) is 4.10. The molecule has 1 aromatic carbocycles. The van der Waals surface area contributed by atoms with Crippen LogP contribution in [-0.2, 0) is 0 Å². The maximum absolute atomic E-state index is 9.62. The summed E-state index contributed by atoms with van der Waals surface area (Å²) in [5, 5.41) is 13.1. The number of guanidine groups is 1. The molecule has 0 bridgehead atoms. The molecule has 30 heavy (non-hydrogen) atoms. The average Bonchev–Trinajstić information content (AvgIpc) is 2.77. The number of piperidine rings is 1. The van der Waals surface area contributed by atoms with Gasteiger partial charge in [-0.25, -0.2) is 0 Å². The average molecular weight is 531 g/mol. The van der Waals surface area contributed by atoms with Crippen molar-refractivity contribution in [2.45, 2.75) is 32.3 Å². The minimum Gasteiger partial charge on any atom is -0.495 e. The smallest absolute Gasteiger partial charge is 0.194 e. The van der Waals surface area contributed by atoms with E-state index in [1.807, 2.05) is 12.1 Å². The number of ether oxygens (including phenoxy) is 1. The van der Waals surface area contributed by atoms with Gasteiger partial charge in [0, 0.05) is 52.4 Å². The first-order chi connectivity index (χ1) is 14.2. The maximum atomic E-state index is 9.62. The van der Waals surface area contributed by atoms with Crippen LogP contribution in [0.5, 0.6) is 5.75 Å². The Labute approximate surface area is 198 Å². The summed E-state index contributed by atoms with van der Waals surface area (Å²) in [6, 6.07) is 8.24. The van der Waals surface area contributed by atoms with Gasteiger partial charge in [-0.3, -0.25) is 4.99 Å². The molecule has 0 atom stereocenters. The first-order valence-electron chi connectivity index (χ1n) is 11.0. The second-order valence-electron chi connectivity index (χ2n) is 7.81. The van der Waals surface area contributed by atoms with E-state index in [9.17, 15) is 5.11 Å². The zero-order valence-corrected chi connectivity index (χ0v) is 20.8. The predicted octanol–water partition coefficient (Wildman–Crippen LogP) is 2.25. The van der Waals surface area contributed by atoms with Gasteiger partial charge in [0.15, 0.2) is 5.96 Å². The van der Waals surface area contributed by atoms with Gasteiger partial charge in [-0.15, -0.1) is 24.0 Å². The lowest BCUT2D eigenvalue weighted by molar-refractivity contribution is 0.0824. The van der Waals surface area contributed by atoms with Crippen LogP contribution in [0.4, 0.5) is 5.69 Å². The Morgan fingerprint density at radius 3 is 2.50 bits per heavy atom. The number of aliphatic hydroxyl groups is 1. The van der Waals surface area contributed by atoms with Crippen LogP contribution in [0.3, 0.4) is 0 Å². The lowest BCUT2D eigenvalue weighted by atomic mass is 10.1. The van der Waals surface area contributed by atoms with Crippen LogP contribution >= 0.6 is 24.0 Å². The van der Waals surface area contributed by atoms with Crippen LogP contribution < -0.4 is 15.0 Å². The number of benzene rings is 1. The highest BCUT2D eigenvalue weighted by Gasteiger charge is 2.21. The van der Waals surface area contributed by atoms with Gasteiger partial charge in [0.2, 0.25) is 0 Å². The second-order valence-corrected chi connectivity index (χ2v) is 7.81. The maximum Gasteiger partial charge on any atom is 0.194 e. The second kappa shape index (κ2) is 13.2.